The lowest BCUT2D eigenvalue weighted by molar-refractivity contribution is 0.148. The van der Waals surface area contributed by atoms with E-state index < -0.39 is 6.10 Å². The number of fused-ring (bicyclic) bond motifs is 1. The van der Waals surface area contributed by atoms with Crippen molar-refractivity contribution in [3.8, 4) is 0 Å². The number of aromatic nitrogens is 1. The Kier molecular flexibility index (Phi) is 3.44. The maximum atomic E-state index is 10.2. The summed E-state index contributed by atoms with van der Waals surface area (Å²) in [4.78, 5) is 4.28. The van der Waals surface area contributed by atoms with E-state index in [9.17, 15) is 5.11 Å². The number of hydrogen-bond acceptors (Lipinski definition) is 5. The van der Waals surface area contributed by atoms with Crippen LogP contribution < -0.4 is 5.32 Å². The highest BCUT2D eigenvalue weighted by Gasteiger charge is 2.28. The topological polar surface area (TPSA) is 71.4 Å². The predicted octanol–water partition coefficient (Wildman–Crippen LogP) is 3.12. The summed E-state index contributed by atoms with van der Waals surface area (Å²) in [5.74, 6) is 2.74. The van der Waals surface area contributed by atoms with E-state index in [1.165, 1.54) is 12.8 Å². The fraction of sp³-hybridized carbons (Fsp3) is 0.353. The van der Waals surface area contributed by atoms with Gasteiger partial charge in [0.25, 0.3) is 0 Å². The summed E-state index contributed by atoms with van der Waals surface area (Å²) < 4.78 is 11.3. The summed E-state index contributed by atoms with van der Waals surface area (Å²) in [5, 5.41) is 14.4. The van der Waals surface area contributed by atoms with Gasteiger partial charge in [-0.1, -0.05) is 18.2 Å². The Morgan fingerprint density at radius 1 is 1.27 bits per heavy atom. The minimum atomic E-state index is -0.682. The van der Waals surface area contributed by atoms with E-state index in [2.05, 4.69) is 10.3 Å². The molecule has 3 aromatic rings. The van der Waals surface area contributed by atoms with E-state index in [1.54, 1.807) is 6.20 Å². The second-order valence-corrected chi connectivity index (χ2v) is 5.77. The van der Waals surface area contributed by atoms with Gasteiger partial charge in [0.05, 0.1) is 12.7 Å². The first-order valence-corrected chi connectivity index (χ1v) is 7.61. The van der Waals surface area contributed by atoms with Gasteiger partial charge < -0.3 is 19.3 Å². The van der Waals surface area contributed by atoms with Crippen LogP contribution in [-0.4, -0.2) is 16.6 Å². The van der Waals surface area contributed by atoms with Crippen LogP contribution in [0.15, 0.2) is 45.4 Å². The number of para-hydroxylation sites is 1. The number of hydrogen-bond donors (Lipinski definition) is 2. The molecule has 1 fully saturated rings. The molecule has 1 aliphatic carbocycles. The first kappa shape index (κ1) is 13.5. The van der Waals surface area contributed by atoms with Crippen LogP contribution in [0.4, 0.5) is 0 Å². The van der Waals surface area contributed by atoms with Crippen LogP contribution in [0.25, 0.3) is 11.0 Å². The van der Waals surface area contributed by atoms with Crippen molar-refractivity contribution in [2.45, 2.75) is 31.4 Å². The third-order valence-electron chi connectivity index (χ3n) is 3.91. The number of nitrogens with one attached hydrogen (secondary N) is 1. The molecule has 114 valence electrons. The summed E-state index contributed by atoms with van der Waals surface area (Å²) in [6, 6.07) is 9.61. The molecule has 0 aliphatic heterocycles. The summed E-state index contributed by atoms with van der Waals surface area (Å²) >= 11 is 0. The molecule has 1 aromatic carbocycles. The van der Waals surface area contributed by atoms with Gasteiger partial charge in [-0.2, -0.15) is 0 Å². The van der Waals surface area contributed by atoms with E-state index >= 15 is 0 Å². The highest BCUT2D eigenvalue weighted by molar-refractivity contribution is 5.77. The van der Waals surface area contributed by atoms with E-state index in [4.69, 9.17) is 8.83 Å². The van der Waals surface area contributed by atoms with Crippen LogP contribution in [0.2, 0.25) is 0 Å². The largest absolute Gasteiger partial charge is 0.458 e. The first-order chi connectivity index (χ1) is 10.8. The van der Waals surface area contributed by atoms with Gasteiger partial charge in [0.15, 0.2) is 5.89 Å². The molecule has 5 nitrogen and oxygen atoms in total. The van der Waals surface area contributed by atoms with Crippen molar-refractivity contribution >= 4 is 11.0 Å². The second kappa shape index (κ2) is 5.59. The molecule has 0 saturated heterocycles. The molecule has 22 heavy (non-hydrogen) atoms. The molecule has 0 radical (unpaired) electrons. The molecule has 2 N–H and O–H groups in total. The highest BCUT2D eigenvalue weighted by Crippen LogP contribution is 2.39. The normalized spacial score (nSPS) is 16.2. The molecule has 5 heteroatoms. The molecule has 1 atom stereocenters. The predicted molar refractivity (Wildman–Crippen MR) is 81.4 cm³/mol. The lowest BCUT2D eigenvalue weighted by Crippen LogP contribution is -2.20. The maximum Gasteiger partial charge on any atom is 0.197 e. The maximum absolute atomic E-state index is 10.2. The lowest BCUT2D eigenvalue weighted by atomic mass is 10.2. The summed E-state index contributed by atoms with van der Waals surface area (Å²) in [5.41, 5.74) is 0.792. The van der Waals surface area contributed by atoms with E-state index in [-0.39, 0.29) is 0 Å². The lowest BCUT2D eigenvalue weighted by Gasteiger charge is -2.07. The molecule has 4 rings (SSSR count). The van der Waals surface area contributed by atoms with Crippen LogP contribution in [0, 0.1) is 0 Å². The van der Waals surface area contributed by atoms with Gasteiger partial charge in [-0.15, -0.1) is 0 Å². The molecule has 0 unspecified atom stereocenters. The number of rotatable bonds is 6. The fourth-order valence-electron chi connectivity index (χ4n) is 2.52. The zero-order chi connectivity index (χ0) is 14.9. The first-order valence-electron chi connectivity index (χ1n) is 7.61. The molecule has 1 aliphatic rings. The Morgan fingerprint density at radius 2 is 2.14 bits per heavy atom. The third kappa shape index (κ3) is 2.77. The van der Waals surface area contributed by atoms with Gasteiger partial charge in [0.1, 0.15) is 23.2 Å². The third-order valence-corrected chi connectivity index (χ3v) is 3.91. The van der Waals surface area contributed by atoms with Crippen LogP contribution in [0.1, 0.15) is 42.3 Å². The number of aliphatic hydroxyl groups excluding tert-OH is 1. The molecule has 0 spiro atoms. The molecule has 2 heterocycles. The molecule has 1 saturated carbocycles. The average molecular weight is 298 g/mol. The minimum Gasteiger partial charge on any atom is -0.458 e. The zero-order valence-corrected chi connectivity index (χ0v) is 12.2. The molecular formula is C17H18N2O3. The SMILES string of the molecule is O[C@H](CNCc1cnc(C2CC2)o1)c1cc2ccccc2o1. The Labute approximate surface area is 128 Å². The zero-order valence-electron chi connectivity index (χ0n) is 12.2. The van der Waals surface area contributed by atoms with Crippen LogP contribution in [0.5, 0.6) is 0 Å². The van der Waals surface area contributed by atoms with Crippen LogP contribution in [0.3, 0.4) is 0 Å². The van der Waals surface area contributed by atoms with E-state index in [1.807, 2.05) is 30.3 Å². The number of oxazole rings is 1. The standard InChI is InChI=1S/C17H18N2O3/c20-14(16-7-12-3-1-2-4-15(12)22-16)10-18-8-13-9-19-17(21-13)11-5-6-11/h1-4,7,9,11,14,18,20H,5-6,8,10H2/t14-/m1/s1. The van der Waals surface area contributed by atoms with Crippen molar-refractivity contribution < 1.29 is 13.9 Å². The highest BCUT2D eigenvalue weighted by atomic mass is 16.4. The summed E-state index contributed by atoms with van der Waals surface area (Å²) in [7, 11) is 0. The van der Waals surface area contributed by atoms with Gasteiger partial charge >= 0.3 is 0 Å². The van der Waals surface area contributed by atoms with Crippen LogP contribution in [-0.2, 0) is 6.54 Å². The van der Waals surface area contributed by atoms with Gasteiger partial charge in [-0.05, 0) is 25.0 Å². The van der Waals surface area contributed by atoms with Crippen molar-refractivity contribution in [3.63, 3.8) is 0 Å². The minimum absolute atomic E-state index is 0.402. The number of nitrogens with zero attached hydrogens (tertiary/aromatic N) is 1. The van der Waals surface area contributed by atoms with E-state index in [0.29, 0.717) is 24.8 Å². The van der Waals surface area contributed by atoms with Gasteiger partial charge in [-0.3, -0.25) is 0 Å². The van der Waals surface area contributed by atoms with Gasteiger partial charge in [0.2, 0.25) is 0 Å². The van der Waals surface area contributed by atoms with Crippen molar-refractivity contribution in [1.82, 2.24) is 10.3 Å². The molecule has 0 amide bonds. The average Bonchev–Trinajstić information content (AvgIpc) is 3.12. The van der Waals surface area contributed by atoms with E-state index in [0.717, 1.165) is 22.6 Å². The molecule has 2 aromatic heterocycles. The fourth-order valence-corrected chi connectivity index (χ4v) is 2.52. The van der Waals surface area contributed by atoms with Gasteiger partial charge in [-0.25, -0.2) is 4.98 Å². The number of furan rings is 1. The Morgan fingerprint density at radius 3 is 2.95 bits per heavy atom. The quantitative estimate of drug-likeness (QED) is 0.731. The Bertz CT molecular complexity index is 740. The molecular weight excluding hydrogens is 280 g/mol. The van der Waals surface area contributed by atoms with Crippen molar-refractivity contribution in [1.29, 1.82) is 0 Å². The summed E-state index contributed by atoms with van der Waals surface area (Å²) in [6.45, 7) is 0.955. The Hall–Kier alpha value is -2.11. The number of aliphatic hydroxyl groups is 1. The number of benzene rings is 1. The monoisotopic (exact) mass is 298 g/mol. The van der Waals surface area contributed by atoms with Crippen molar-refractivity contribution in [2.24, 2.45) is 0 Å². The van der Waals surface area contributed by atoms with Crippen molar-refractivity contribution in [2.75, 3.05) is 6.54 Å². The molecule has 0 bridgehead atoms. The van der Waals surface area contributed by atoms with Crippen molar-refractivity contribution in [3.05, 3.63) is 53.9 Å². The van der Waals surface area contributed by atoms with Crippen LogP contribution >= 0.6 is 0 Å². The smallest absolute Gasteiger partial charge is 0.197 e. The second-order valence-electron chi connectivity index (χ2n) is 5.77. The van der Waals surface area contributed by atoms with Gasteiger partial charge in [0, 0.05) is 17.8 Å². The Balaban J connectivity index is 1.34. The summed E-state index contributed by atoms with van der Waals surface area (Å²) in [6.07, 6.45) is 3.43.